The maximum absolute atomic E-state index is 13.7. The largest absolute Gasteiger partial charge is 0.392 e. The number of aliphatic hydroxyl groups is 1. The summed E-state index contributed by atoms with van der Waals surface area (Å²) in [4.78, 5) is 33.1. The van der Waals surface area contributed by atoms with E-state index in [1.165, 1.54) is 0 Å². The predicted octanol–water partition coefficient (Wildman–Crippen LogP) is 3.68. The van der Waals surface area contributed by atoms with E-state index in [0.717, 1.165) is 49.9 Å². The molecular weight excluding hydrogens is 478 g/mol. The van der Waals surface area contributed by atoms with Crippen LogP contribution in [0.3, 0.4) is 0 Å². The quantitative estimate of drug-likeness (QED) is 0.402. The minimum atomic E-state index is -0.285. The summed E-state index contributed by atoms with van der Waals surface area (Å²) in [6.45, 7) is 6.52. The van der Waals surface area contributed by atoms with Crippen molar-refractivity contribution in [2.45, 2.75) is 57.7 Å². The van der Waals surface area contributed by atoms with Gasteiger partial charge in [-0.2, -0.15) is 0 Å². The Hall–Kier alpha value is -3.49. The Kier molecular flexibility index (Phi) is 7.90. The maximum atomic E-state index is 13.7. The number of β-amino-alcohol motifs (C(OH)–C–C–N with tert-alkyl or cyclic N) is 1. The zero-order valence-electron chi connectivity index (χ0n) is 22.1. The van der Waals surface area contributed by atoms with Crippen molar-refractivity contribution in [2.75, 3.05) is 25.0 Å². The molecule has 8 nitrogen and oxygen atoms in total. The molecule has 1 aliphatic heterocycles. The first kappa shape index (κ1) is 26.1. The number of hydrogen-bond donors (Lipinski definition) is 3. The van der Waals surface area contributed by atoms with Crippen molar-refractivity contribution in [3.05, 3.63) is 88.0 Å². The SMILES string of the molecule is Cc1ccc(C(=O)NC2CC2)cc1-n1ccnc(N[C@@H](c2ccccc2)[C@@H](C)CN2CCC[C@H](O)C2)c1=O. The lowest BCUT2D eigenvalue weighted by atomic mass is 9.93. The van der Waals surface area contributed by atoms with Gasteiger partial charge in [-0.25, -0.2) is 4.98 Å². The molecule has 2 aromatic carbocycles. The van der Waals surface area contributed by atoms with E-state index in [2.05, 4.69) is 39.6 Å². The molecule has 2 heterocycles. The summed E-state index contributed by atoms with van der Waals surface area (Å²) in [7, 11) is 0. The Balaban J connectivity index is 1.42. The van der Waals surface area contributed by atoms with Crippen LogP contribution in [0.25, 0.3) is 5.69 Å². The summed E-state index contributed by atoms with van der Waals surface area (Å²) < 4.78 is 1.56. The van der Waals surface area contributed by atoms with Crippen molar-refractivity contribution < 1.29 is 9.90 Å². The molecular formula is C30H37N5O3. The highest BCUT2D eigenvalue weighted by Crippen LogP contribution is 2.27. The van der Waals surface area contributed by atoms with E-state index in [-0.39, 0.29) is 41.4 Å². The van der Waals surface area contributed by atoms with Crippen LogP contribution in [-0.4, -0.2) is 57.2 Å². The van der Waals surface area contributed by atoms with Crippen LogP contribution in [0.15, 0.2) is 65.7 Å². The number of amides is 1. The number of carbonyl (C=O) groups excluding carboxylic acids is 1. The summed E-state index contributed by atoms with van der Waals surface area (Å²) in [5, 5.41) is 16.6. The number of aromatic nitrogens is 2. The Labute approximate surface area is 223 Å². The van der Waals surface area contributed by atoms with E-state index < -0.39 is 0 Å². The van der Waals surface area contributed by atoms with Crippen LogP contribution in [-0.2, 0) is 0 Å². The molecule has 3 aromatic rings. The van der Waals surface area contributed by atoms with Crippen LogP contribution in [0, 0.1) is 12.8 Å². The van der Waals surface area contributed by atoms with Gasteiger partial charge in [0.1, 0.15) is 0 Å². The molecule has 2 aliphatic rings. The molecule has 0 bridgehead atoms. The molecule has 3 N–H and O–H groups in total. The lowest BCUT2D eigenvalue weighted by Gasteiger charge is -2.35. The summed E-state index contributed by atoms with van der Waals surface area (Å²) in [6.07, 6.45) is 6.85. The summed E-state index contributed by atoms with van der Waals surface area (Å²) in [5.41, 5.74) is 2.90. The summed E-state index contributed by atoms with van der Waals surface area (Å²) >= 11 is 0. The molecule has 0 radical (unpaired) electrons. The van der Waals surface area contributed by atoms with Gasteiger partial charge in [-0.15, -0.1) is 0 Å². The molecule has 1 saturated carbocycles. The summed E-state index contributed by atoms with van der Waals surface area (Å²) in [5.74, 6) is 0.294. The van der Waals surface area contributed by atoms with Gasteiger partial charge < -0.3 is 20.6 Å². The van der Waals surface area contributed by atoms with Gasteiger partial charge in [0.2, 0.25) is 0 Å². The van der Waals surface area contributed by atoms with Gasteiger partial charge in [-0.3, -0.25) is 14.2 Å². The number of piperidine rings is 1. The number of nitrogens with one attached hydrogen (secondary N) is 2. The normalized spacial score (nSPS) is 19.5. The van der Waals surface area contributed by atoms with E-state index in [9.17, 15) is 14.7 Å². The molecule has 5 rings (SSSR count). The van der Waals surface area contributed by atoms with Crippen LogP contribution in [0.5, 0.6) is 0 Å². The van der Waals surface area contributed by atoms with Gasteiger partial charge in [0.25, 0.3) is 11.5 Å². The molecule has 1 aliphatic carbocycles. The Bertz CT molecular complexity index is 1320. The van der Waals surface area contributed by atoms with Crippen molar-refractivity contribution in [1.82, 2.24) is 19.8 Å². The van der Waals surface area contributed by atoms with Crippen LogP contribution >= 0.6 is 0 Å². The van der Waals surface area contributed by atoms with Crippen molar-refractivity contribution in [1.29, 1.82) is 0 Å². The zero-order chi connectivity index (χ0) is 26.6. The number of rotatable bonds is 9. The van der Waals surface area contributed by atoms with Gasteiger partial charge in [0.15, 0.2) is 5.82 Å². The molecule has 38 heavy (non-hydrogen) atoms. The zero-order valence-corrected chi connectivity index (χ0v) is 22.1. The van der Waals surface area contributed by atoms with E-state index in [1.807, 2.05) is 31.2 Å². The second kappa shape index (κ2) is 11.5. The van der Waals surface area contributed by atoms with Gasteiger partial charge in [0.05, 0.1) is 17.8 Å². The molecule has 1 aromatic heterocycles. The average molecular weight is 516 g/mol. The van der Waals surface area contributed by atoms with Crippen molar-refractivity contribution in [3.63, 3.8) is 0 Å². The number of anilines is 1. The lowest BCUT2D eigenvalue weighted by molar-refractivity contribution is 0.0618. The number of aliphatic hydroxyl groups excluding tert-OH is 1. The molecule has 8 heteroatoms. The molecule has 1 amide bonds. The van der Waals surface area contributed by atoms with Crippen molar-refractivity contribution in [2.24, 2.45) is 5.92 Å². The second-order valence-corrected chi connectivity index (χ2v) is 10.8. The van der Waals surface area contributed by atoms with Crippen molar-refractivity contribution in [3.8, 4) is 5.69 Å². The minimum absolute atomic E-state index is 0.116. The van der Waals surface area contributed by atoms with E-state index in [4.69, 9.17) is 0 Å². The highest BCUT2D eigenvalue weighted by Gasteiger charge is 2.27. The molecule has 2 fully saturated rings. The highest BCUT2D eigenvalue weighted by molar-refractivity contribution is 5.95. The smallest absolute Gasteiger partial charge is 0.297 e. The third-order valence-corrected chi connectivity index (χ3v) is 7.53. The summed E-state index contributed by atoms with van der Waals surface area (Å²) in [6, 6.07) is 15.7. The van der Waals surface area contributed by atoms with E-state index in [0.29, 0.717) is 17.8 Å². The molecule has 3 atom stereocenters. The molecule has 1 saturated heterocycles. The van der Waals surface area contributed by atoms with Gasteiger partial charge in [-0.05, 0) is 68.3 Å². The highest BCUT2D eigenvalue weighted by atomic mass is 16.3. The Morgan fingerprint density at radius 1 is 1.16 bits per heavy atom. The molecule has 0 unspecified atom stereocenters. The van der Waals surface area contributed by atoms with Gasteiger partial charge in [-0.1, -0.05) is 43.3 Å². The first-order chi connectivity index (χ1) is 18.4. The number of likely N-dealkylation sites (tertiary alicyclic amines) is 1. The maximum Gasteiger partial charge on any atom is 0.297 e. The molecule has 0 spiro atoms. The van der Waals surface area contributed by atoms with Crippen molar-refractivity contribution >= 4 is 11.7 Å². The van der Waals surface area contributed by atoms with Crippen LogP contribution < -0.4 is 16.2 Å². The number of nitrogens with zero attached hydrogens (tertiary/aromatic N) is 3. The van der Waals surface area contributed by atoms with E-state index >= 15 is 0 Å². The fraction of sp³-hybridized carbons (Fsp3) is 0.433. The number of benzene rings is 2. The monoisotopic (exact) mass is 515 g/mol. The first-order valence-corrected chi connectivity index (χ1v) is 13.6. The third-order valence-electron chi connectivity index (χ3n) is 7.53. The molecule has 200 valence electrons. The number of aryl methyl sites for hydroxylation is 1. The predicted molar refractivity (Wildman–Crippen MR) is 149 cm³/mol. The standard InChI is InChI=1S/C30H37N5O3/c1-20-10-11-23(29(37)32-24-12-13-24)17-26(20)35-16-14-31-28(30(35)38)33-27(22-7-4-3-5-8-22)21(2)18-34-15-6-9-25(36)19-34/h3-5,7-8,10-11,14,16-17,21,24-25,27,36H,6,9,12-13,15,18-19H2,1-2H3,(H,31,33)(H,32,37)/t21-,25-,27+/m0/s1. The minimum Gasteiger partial charge on any atom is -0.392 e. The second-order valence-electron chi connectivity index (χ2n) is 10.8. The number of hydrogen-bond acceptors (Lipinski definition) is 6. The number of carbonyl (C=O) groups is 1. The van der Waals surface area contributed by atoms with Crippen LogP contribution in [0.1, 0.15) is 60.1 Å². The van der Waals surface area contributed by atoms with Crippen LogP contribution in [0.2, 0.25) is 0 Å². The lowest BCUT2D eigenvalue weighted by Crippen LogP contribution is -2.42. The Morgan fingerprint density at radius 2 is 1.95 bits per heavy atom. The third kappa shape index (κ3) is 6.14. The Morgan fingerprint density at radius 3 is 2.68 bits per heavy atom. The van der Waals surface area contributed by atoms with Gasteiger partial charge >= 0.3 is 0 Å². The van der Waals surface area contributed by atoms with Crippen LogP contribution in [0.4, 0.5) is 5.82 Å². The average Bonchev–Trinajstić information content (AvgIpc) is 3.73. The fourth-order valence-corrected chi connectivity index (χ4v) is 5.28. The van der Waals surface area contributed by atoms with E-state index in [1.54, 1.807) is 29.1 Å². The van der Waals surface area contributed by atoms with Gasteiger partial charge in [0, 0.05) is 37.1 Å². The topological polar surface area (TPSA) is 99.5 Å². The first-order valence-electron chi connectivity index (χ1n) is 13.6. The fourth-order valence-electron chi connectivity index (χ4n) is 5.28.